The van der Waals surface area contributed by atoms with Crippen molar-refractivity contribution in [3.05, 3.63) is 41.2 Å². The van der Waals surface area contributed by atoms with Crippen molar-refractivity contribution < 1.29 is 0 Å². The first kappa shape index (κ1) is 10.1. The van der Waals surface area contributed by atoms with Crippen molar-refractivity contribution in [2.45, 2.75) is 19.9 Å². The lowest BCUT2D eigenvalue weighted by Gasteiger charge is -2.05. The summed E-state index contributed by atoms with van der Waals surface area (Å²) in [6.45, 7) is 2.70. The molecule has 0 fully saturated rings. The van der Waals surface area contributed by atoms with E-state index in [0.717, 1.165) is 17.8 Å². The zero-order valence-corrected chi connectivity index (χ0v) is 9.15. The number of aryl methyl sites for hydroxylation is 1. The summed E-state index contributed by atoms with van der Waals surface area (Å²) in [5.41, 5.74) is 1.09. The van der Waals surface area contributed by atoms with Crippen LogP contribution in [0.4, 0.5) is 0 Å². The Hall–Kier alpha value is -1.42. The normalized spacial score (nSPS) is 10.5. The molecule has 0 saturated heterocycles. The summed E-state index contributed by atoms with van der Waals surface area (Å²) in [6, 6.07) is 3.90. The van der Waals surface area contributed by atoms with Gasteiger partial charge >= 0.3 is 0 Å². The largest absolute Gasteiger partial charge is 0.297 e. The monoisotopic (exact) mass is 222 g/mol. The van der Waals surface area contributed by atoms with Crippen LogP contribution in [-0.4, -0.2) is 19.7 Å². The van der Waals surface area contributed by atoms with Crippen molar-refractivity contribution in [2.75, 3.05) is 0 Å². The van der Waals surface area contributed by atoms with Crippen molar-refractivity contribution >= 4 is 11.6 Å². The molecule has 0 N–H and O–H groups in total. The van der Waals surface area contributed by atoms with Gasteiger partial charge in [-0.05, 0) is 23.2 Å². The van der Waals surface area contributed by atoms with Gasteiger partial charge in [0.25, 0.3) is 0 Å². The summed E-state index contributed by atoms with van der Waals surface area (Å²) >= 11 is 5.94. The molecule has 0 saturated carbocycles. The number of aromatic nitrogens is 4. The number of hydrogen-bond acceptors (Lipinski definition) is 3. The van der Waals surface area contributed by atoms with Gasteiger partial charge in [-0.15, -0.1) is 10.2 Å². The van der Waals surface area contributed by atoms with Crippen molar-refractivity contribution in [1.29, 1.82) is 0 Å². The van der Waals surface area contributed by atoms with E-state index in [1.165, 1.54) is 0 Å². The van der Waals surface area contributed by atoms with Crippen LogP contribution in [0.2, 0.25) is 5.28 Å². The number of pyridine rings is 1. The van der Waals surface area contributed by atoms with Gasteiger partial charge in [0, 0.05) is 18.8 Å². The minimum Gasteiger partial charge on any atom is -0.297 e. The van der Waals surface area contributed by atoms with Crippen LogP contribution in [0, 0.1) is 0 Å². The van der Waals surface area contributed by atoms with Gasteiger partial charge in [0.15, 0.2) is 0 Å². The molecule has 4 nitrogen and oxygen atoms in total. The van der Waals surface area contributed by atoms with Gasteiger partial charge in [-0.1, -0.05) is 13.0 Å². The zero-order valence-electron chi connectivity index (χ0n) is 8.39. The molecule has 15 heavy (non-hydrogen) atoms. The smallest absolute Gasteiger partial charge is 0.225 e. The molecule has 0 aromatic carbocycles. The molecular formula is C10H11ClN4. The maximum Gasteiger partial charge on any atom is 0.225 e. The van der Waals surface area contributed by atoms with Crippen molar-refractivity contribution in [3.63, 3.8) is 0 Å². The highest BCUT2D eigenvalue weighted by Crippen LogP contribution is 2.11. The summed E-state index contributed by atoms with van der Waals surface area (Å²) in [4.78, 5) is 4.05. The minimum absolute atomic E-state index is 0.427. The standard InChI is InChI=1S/C10H11ClN4/c1-2-9-13-14-10(11)15(9)7-8-4-3-5-12-6-8/h3-6H,2,7H2,1H3. The zero-order chi connectivity index (χ0) is 10.7. The third-order valence-corrected chi connectivity index (χ3v) is 2.44. The molecule has 0 aliphatic rings. The van der Waals surface area contributed by atoms with Crippen LogP contribution in [0.1, 0.15) is 18.3 Å². The first-order valence-electron chi connectivity index (χ1n) is 4.77. The average Bonchev–Trinajstić information content (AvgIpc) is 2.62. The third-order valence-electron chi connectivity index (χ3n) is 2.16. The molecule has 0 unspecified atom stereocenters. The predicted octanol–water partition coefficient (Wildman–Crippen LogP) is 1.94. The second-order valence-electron chi connectivity index (χ2n) is 3.19. The molecule has 0 spiro atoms. The van der Waals surface area contributed by atoms with E-state index >= 15 is 0 Å². The summed E-state index contributed by atoms with van der Waals surface area (Å²) < 4.78 is 1.89. The van der Waals surface area contributed by atoms with Gasteiger partial charge in [-0.3, -0.25) is 9.55 Å². The Morgan fingerprint density at radius 2 is 2.27 bits per heavy atom. The van der Waals surface area contributed by atoms with Crippen LogP contribution >= 0.6 is 11.6 Å². The first-order valence-corrected chi connectivity index (χ1v) is 5.15. The quantitative estimate of drug-likeness (QED) is 0.797. The predicted molar refractivity (Wildman–Crippen MR) is 57.7 cm³/mol. The van der Waals surface area contributed by atoms with Gasteiger partial charge in [0.1, 0.15) is 5.82 Å². The fourth-order valence-corrected chi connectivity index (χ4v) is 1.60. The fraction of sp³-hybridized carbons (Fsp3) is 0.300. The molecule has 0 atom stereocenters. The van der Waals surface area contributed by atoms with Crippen LogP contribution in [0.3, 0.4) is 0 Å². The molecule has 2 rings (SSSR count). The number of rotatable bonds is 3. The Morgan fingerprint density at radius 3 is 2.93 bits per heavy atom. The number of nitrogens with zero attached hydrogens (tertiary/aromatic N) is 4. The van der Waals surface area contributed by atoms with Gasteiger partial charge in [0.05, 0.1) is 6.54 Å². The van der Waals surface area contributed by atoms with Gasteiger partial charge in [0.2, 0.25) is 5.28 Å². The van der Waals surface area contributed by atoms with E-state index in [0.29, 0.717) is 11.8 Å². The fourth-order valence-electron chi connectivity index (χ4n) is 1.41. The molecular weight excluding hydrogens is 212 g/mol. The van der Waals surface area contributed by atoms with E-state index in [4.69, 9.17) is 11.6 Å². The van der Waals surface area contributed by atoms with Crippen molar-refractivity contribution in [3.8, 4) is 0 Å². The van der Waals surface area contributed by atoms with E-state index in [-0.39, 0.29) is 0 Å². The second-order valence-corrected chi connectivity index (χ2v) is 3.52. The highest BCUT2D eigenvalue weighted by Gasteiger charge is 2.08. The molecule has 2 aromatic heterocycles. The average molecular weight is 223 g/mol. The number of halogens is 1. The molecule has 78 valence electrons. The van der Waals surface area contributed by atoms with E-state index < -0.39 is 0 Å². The summed E-state index contributed by atoms with van der Waals surface area (Å²) in [7, 11) is 0. The summed E-state index contributed by atoms with van der Waals surface area (Å²) in [6.07, 6.45) is 4.38. The van der Waals surface area contributed by atoms with E-state index in [1.807, 2.05) is 29.8 Å². The summed E-state index contributed by atoms with van der Waals surface area (Å²) in [5, 5.41) is 8.26. The lowest BCUT2D eigenvalue weighted by atomic mass is 10.3. The Labute approximate surface area is 92.9 Å². The first-order chi connectivity index (χ1) is 7.31. The van der Waals surface area contributed by atoms with Crippen molar-refractivity contribution in [1.82, 2.24) is 19.7 Å². The second kappa shape index (κ2) is 4.40. The Balaban J connectivity index is 2.27. The van der Waals surface area contributed by atoms with Gasteiger partial charge in [-0.2, -0.15) is 0 Å². The van der Waals surface area contributed by atoms with Crippen LogP contribution < -0.4 is 0 Å². The molecule has 0 aliphatic carbocycles. The lowest BCUT2D eigenvalue weighted by molar-refractivity contribution is 0.730. The number of hydrogen-bond donors (Lipinski definition) is 0. The van der Waals surface area contributed by atoms with Crippen LogP contribution in [0.15, 0.2) is 24.5 Å². The van der Waals surface area contributed by atoms with Crippen LogP contribution in [0.25, 0.3) is 0 Å². The molecule has 2 heterocycles. The summed E-state index contributed by atoms with van der Waals surface area (Å²) in [5.74, 6) is 0.892. The molecule has 5 heteroatoms. The van der Waals surface area contributed by atoms with Crippen LogP contribution in [-0.2, 0) is 13.0 Å². The van der Waals surface area contributed by atoms with Gasteiger partial charge in [-0.25, -0.2) is 0 Å². The molecule has 2 aromatic rings. The Morgan fingerprint density at radius 1 is 1.40 bits per heavy atom. The maximum absolute atomic E-state index is 5.94. The highest BCUT2D eigenvalue weighted by atomic mass is 35.5. The Bertz CT molecular complexity index is 438. The SMILES string of the molecule is CCc1nnc(Cl)n1Cc1cccnc1. The highest BCUT2D eigenvalue weighted by molar-refractivity contribution is 6.28. The van der Waals surface area contributed by atoms with E-state index in [2.05, 4.69) is 15.2 Å². The maximum atomic E-state index is 5.94. The minimum atomic E-state index is 0.427. The van der Waals surface area contributed by atoms with Gasteiger partial charge < -0.3 is 0 Å². The Kier molecular flexibility index (Phi) is 2.97. The topological polar surface area (TPSA) is 43.6 Å². The van der Waals surface area contributed by atoms with E-state index in [9.17, 15) is 0 Å². The van der Waals surface area contributed by atoms with Crippen LogP contribution in [0.5, 0.6) is 0 Å². The molecule has 0 amide bonds. The third kappa shape index (κ3) is 2.15. The molecule has 0 aliphatic heterocycles. The van der Waals surface area contributed by atoms with E-state index in [1.54, 1.807) is 6.20 Å². The lowest BCUT2D eigenvalue weighted by Crippen LogP contribution is -2.04. The van der Waals surface area contributed by atoms with Crippen molar-refractivity contribution in [2.24, 2.45) is 0 Å². The molecule has 0 bridgehead atoms. The molecule has 0 radical (unpaired) electrons.